The third kappa shape index (κ3) is 4.28. The minimum Gasteiger partial charge on any atom is -0.347 e. The van der Waals surface area contributed by atoms with Crippen LogP contribution in [0.4, 0.5) is 11.4 Å². The number of amides is 1. The second-order valence-electron chi connectivity index (χ2n) is 6.15. The van der Waals surface area contributed by atoms with Crippen LogP contribution in [0.25, 0.3) is 0 Å². The van der Waals surface area contributed by atoms with Crippen molar-refractivity contribution in [3.8, 4) is 0 Å². The van der Waals surface area contributed by atoms with Gasteiger partial charge >= 0.3 is 0 Å². The molecule has 0 spiro atoms. The number of hydrogen-bond acceptors (Lipinski definition) is 3. The molecule has 3 aromatic rings. The van der Waals surface area contributed by atoms with Crippen LogP contribution in [0.2, 0.25) is 0 Å². The van der Waals surface area contributed by atoms with E-state index in [1.54, 1.807) is 6.20 Å². The molecule has 0 radical (unpaired) electrons. The van der Waals surface area contributed by atoms with Crippen molar-refractivity contribution >= 4 is 17.3 Å². The van der Waals surface area contributed by atoms with Crippen LogP contribution in [-0.2, 0) is 6.54 Å². The van der Waals surface area contributed by atoms with Crippen LogP contribution in [0.5, 0.6) is 0 Å². The Labute approximate surface area is 154 Å². The van der Waals surface area contributed by atoms with Gasteiger partial charge in [0.25, 0.3) is 5.91 Å². The number of hydrogen-bond donors (Lipinski definition) is 1. The fourth-order valence-electron chi connectivity index (χ4n) is 2.89. The van der Waals surface area contributed by atoms with E-state index in [1.165, 1.54) is 5.56 Å². The highest BCUT2D eigenvalue weighted by Crippen LogP contribution is 2.25. The van der Waals surface area contributed by atoms with E-state index in [9.17, 15) is 4.79 Å². The van der Waals surface area contributed by atoms with Gasteiger partial charge in [-0.1, -0.05) is 42.5 Å². The van der Waals surface area contributed by atoms with E-state index in [0.29, 0.717) is 12.2 Å². The molecule has 132 valence electrons. The summed E-state index contributed by atoms with van der Waals surface area (Å²) in [4.78, 5) is 18.9. The van der Waals surface area contributed by atoms with Crippen molar-refractivity contribution in [2.24, 2.45) is 0 Å². The number of carbonyl (C=O) groups is 1. The van der Waals surface area contributed by atoms with Crippen LogP contribution in [0.1, 0.15) is 28.5 Å². The Morgan fingerprint density at radius 1 is 1.00 bits per heavy atom. The highest BCUT2D eigenvalue weighted by molar-refractivity contribution is 5.93. The summed E-state index contributed by atoms with van der Waals surface area (Å²) in [7, 11) is 0. The highest BCUT2D eigenvalue weighted by Gasteiger charge is 2.12. The van der Waals surface area contributed by atoms with Crippen LogP contribution in [0.3, 0.4) is 0 Å². The van der Waals surface area contributed by atoms with Gasteiger partial charge in [0.2, 0.25) is 0 Å². The topological polar surface area (TPSA) is 45.2 Å². The molecular formula is C22H23N3O. The third-order valence-corrected chi connectivity index (χ3v) is 4.21. The normalized spacial score (nSPS) is 10.4. The molecule has 1 aromatic heterocycles. The van der Waals surface area contributed by atoms with E-state index in [0.717, 1.165) is 23.5 Å². The van der Waals surface area contributed by atoms with E-state index in [-0.39, 0.29) is 5.91 Å². The smallest absolute Gasteiger partial charge is 0.270 e. The summed E-state index contributed by atoms with van der Waals surface area (Å²) in [6.45, 7) is 5.46. The van der Waals surface area contributed by atoms with Gasteiger partial charge in [-0.05, 0) is 49.2 Å². The second-order valence-corrected chi connectivity index (χ2v) is 6.15. The fraction of sp³-hybridized carbons (Fsp3) is 0.182. The van der Waals surface area contributed by atoms with Gasteiger partial charge in [-0.15, -0.1) is 0 Å². The summed E-state index contributed by atoms with van der Waals surface area (Å²) in [6.07, 6.45) is 1.69. The van der Waals surface area contributed by atoms with Gasteiger partial charge in [0, 0.05) is 30.7 Å². The van der Waals surface area contributed by atoms with Gasteiger partial charge < -0.3 is 10.2 Å². The molecule has 1 heterocycles. The van der Waals surface area contributed by atoms with Crippen molar-refractivity contribution in [1.29, 1.82) is 0 Å². The Balaban J connectivity index is 1.77. The number of pyridine rings is 1. The summed E-state index contributed by atoms with van der Waals surface area (Å²) in [5, 5.41) is 2.93. The van der Waals surface area contributed by atoms with Gasteiger partial charge in [0.1, 0.15) is 5.69 Å². The average Bonchev–Trinajstić information content (AvgIpc) is 2.68. The molecule has 0 saturated heterocycles. The molecule has 26 heavy (non-hydrogen) atoms. The van der Waals surface area contributed by atoms with Crippen molar-refractivity contribution in [1.82, 2.24) is 10.3 Å². The lowest BCUT2D eigenvalue weighted by atomic mass is 10.2. The summed E-state index contributed by atoms with van der Waals surface area (Å²) in [5.74, 6) is -0.170. The summed E-state index contributed by atoms with van der Waals surface area (Å²) in [5.41, 5.74) is 4.75. The first-order valence-electron chi connectivity index (χ1n) is 8.79. The molecule has 2 aromatic carbocycles. The number of rotatable bonds is 6. The van der Waals surface area contributed by atoms with Gasteiger partial charge in [0.05, 0.1) is 0 Å². The molecule has 1 amide bonds. The van der Waals surface area contributed by atoms with Crippen LogP contribution in [-0.4, -0.2) is 17.4 Å². The van der Waals surface area contributed by atoms with E-state index >= 15 is 0 Å². The molecular weight excluding hydrogens is 322 g/mol. The van der Waals surface area contributed by atoms with Gasteiger partial charge in [0.15, 0.2) is 0 Å². The largest absolute Gasteiger partial charge is 0.347 e. The van der Waals surface area contributed by atoms with Gasteiger partial charge in [-0.2, -0.15) is 0 Å². The molecule has 0 unspecified atom stereocenters. The Bertz CT molecular complexity index is 877. The number of benzene rings is 2. The maximum absolute atomic E-state index is 12.5. The number of aryl methyl sites for hydroxylation is 1. The lowest BCUT2D eigenvalue weighted by Gasteiger charge is -2.24. The first-order chi connectivity index (χ1) is 12.7. The zero-order valence-electron chi connectivity index (χ0n) is 15.1. The molecule has 0 atom stereocenters. The zero-order chi connectivity index (χ0) is 18.4. The molecule has 0 saturated carbocycles. The van der Waals surface area contributed by atoms with Crippen LogP contribution in [0.15, 0.2) is 72.9 Å². The number of nitrogens with zero attached hydrogens (tertiary/aromatic N) is 2. The van der Waals surface area contributed by atoms with Crippen molar-refractivity contribution in [3.05, 3.63) is 89.7 Å². The van der Waals surface area contributed by atoms with Crippen molar-refractivity contribution < 1.29 is 4.79 Å². The monoisotopic (exact) mass is 345 g/mol. The Morgan fingerprint density at radius 3 is 2.50 bits per heavy atom. The van der Waals surface area contributed by atoms with Crippen LogP contribution >= 0.6 is 0 Å². The molecule has 3 rings (SSSR count). The molecule has 0 aliphatic rings. The summed E-state index contributed by atoms with van der Waals surface area (Å²) in [6, 6.07) is 22.0. The zero-order valence-corrected chi connectivity index (χ0v) is 15.1. The predicted molar refractivity (Wildman–Crippen MR) is 106 cm³/mol. The molecule has 1 N–H and O–H groups in total. The Hall–Kier alpha value is -3.14. The summed E-state index contributed by atoms with van der Waals surface area (Å²) < 4.78 is 0. The minimum absolute atomic E-state index is 0.170. The van der Waals surface area contributed by atoms with E-state index in [1.807, 2.05) is 48.5 Å². The molecule has 0 bridgehead atoms. The molecule has 4 heteroatoms. The molecule has 0 aliphatic carbocycles. The first kappa shape index (κ1) is 17.7. The number of carbonyl (C=O) groups excluding carboxylic acids is 1. The van der Waals surface area contributed by atoms with Crippen LogP contribution < -0.4 is 10.2 Å². The van der Waals surface area contributed by atoms with Gasteiger partial charge in [-0.3, -0.25) is 9.78 Å². The van der Waals surface area contributed by atoms with E-state index < -0.39 is 0 Å². The fourth-order valence-corrected chi connectivity index (χ4v) is 2.89. The third-order valence-electron chi connectivity index (χ3n) is 4.21. The molecule has 4 nitrogen and oxygen atoms in total. The lowest BCUT2D eigenvalue weighted by molar-refractivity contribution is 0.0946. The molecule has 0 fully saturated rings. The predicted octanol–water partition coefficient (Wildman–Crippen LogP) is 4.48. The standard InChI is InChI=1S/C22H23N3O/c1-3-25(19-11-7-8-17(2)14-19)20-12-13-23-21(15-20)22(26)24-16-18-9-5-4-6-10-18/h4-15H,3,16H2,1-2H3,(H,24,26). The number of nitrogens with one attached hydrogen (secondary N) is 1. The Morgan fingerprint density at radius 2 is 1.77 bits per heavy atom. The van der Waals surface area contributed by atoms with Crippen molar-refractivity contribution in [2.75, 3.05) is 11.4 Å². The minimum atomic E-state index is -0.170. The first-order valence-corrected chi connectivity index (χ1v) is 8.79. The maximum Gasteiger partial charge on any atom is 0.270 e. The van der Waals surface area contributed by atoms with E-state index in [4.69, 9.17) is 0 Å². The Kier molecular flexibility index (Phi) is 5.64. The average molecular weight is 345 g/mol. The van der Waals surface area contributed by atoms with Crippen molar-refractivity contribution in [2.45, 2.75) is 20.4 Å². The number of anilines is 2. The quantitative estimate of drug-likeness (QED) is 0.716. The maximum atomic E-state index is 12.5. The van der Waals surface area contributed by atoms with Crippen molar-refractivity contribution in [3.63, 3.8) is 0 Å². The lowest BCUT2D eigenvalue weighted by Crippen LogP contribution is -2.24. The summed E-state index contributed by atoms with van der Waals surface area (Å²) >= 11 is 0. The van der Waals surface area contributed by atoms with E-state index in [2.05, 4.69) is 47.2 Å². The van der Waals surface area contributed by atoms with Gasteiger partial charge in [-0.25, -0.2) is 0 Å². The SMILES string of the molecule is CCN(c1cccc(C)c1)c1ccnc(C(=O)NCc2ccccc2)c1. The highest BCUT2D eigenvalue weighted by atomic mass is 16.1. The van der Waals surface area contributed by atoms with Crippen LogP contribution in [0, 0.1) is 6.92 Å². The second kappa shape index (κ2) is 8.30. The number of aromatic nitrogens is 1. The molecule has 0 aliphatic heterocycles.